The second-order valence-electron chi connectivity index (χ2n) is 8.44. The Hall–Kier alpha value is -2.88. The smallest absolute Gasteiger partial charge is 0.416 e. The van der Waals surface area contributed by atoms with Gasteiger partial charge in [0.05, 0.1) is 17.0 Å². The van der Waals surface area contributed by atoms with Crippen molar-refractivity contribution in [1.82, 2.24) is 5.32 Å². The molecule has 0 aromatic heterocycles. The van der Waals surface area contributed by atoms with E-state index in [1.165, 1.54) is 13.0 Å². The van der Waals surface area contributed by atoms with E-state index in [0.717, 1.165) is 43.2 Å². The minimum atomic E-state index is -4.78. The molecule has 2 aromatic rings. The molecule has 0 saturated heterocycles. The molecule has 0 aliphatic heterocycles. The molecule has 3 rings (SSSR count). The monoisotopic (exact) mass is 487 g/mol. The summed E-state index contributed by atoms with van der Waals surface area (Å²) < 4.78 is 80.4. The van der Waals surface area contributed by atoms with Gasteiger partial charge in [-0.15, -0.1) is 0 Å². The largest absolute Gasteiger partial charge is 0.481 e. The van der Waals surface area contributed by atoms with Crippen LogP contribution in [-0.4, -0.2) is 23.4 Å². The molecule has 0 spiro atoms. The van der Waals surface area contributed by atoms with E-state index in [2.05, 4.69) is 5.32 Å². The van der Waals surface area contributed by atoms with Crippen molar-refractivity contribution >= 4 is 11.8 Å². The van der Waals surface area contributed by atoms with Gasteiger partial charge in [0.25, 0.3) is 0 Å². The number of ketones is 1. The summed E-state index contributed by atoms with van der Waals surface area (Å²) in [5.74, 6) is -2.47. The topological polar surface area (TPSA) is 66.4 Å². The molecular weight excluding hydrogens is 464 g/mol. The van der Waals surface area contributed by atoms with Gasteiger partial charge < -0.3 is 10.4 Å². The molecule has 0 radical (unpaired) electrons. The number of Topliss-reactive ketones (excluding diaryl/α,β-unsaturated/α-hetero) is 1. The minimum Gasteiger partial charge on any atom is -0.481 e. The molecule has 1 aliphatic rings. The zero-order valence-electron chi connectivity index (χ0n) is 18.2. The maximum absolute atomic E-state index is 13.5. The summed E-state index contributed by atoms with van der Waals surface area (Å²) in [4.78, 5) is 23.2. The van der Waals surface area contributed by atoms with E-state index in [4.69, 9.17) is 0 Å². The molecule has 0 amide bonds. The molecule has 184 valence electrons. The van der Waals surface area contributed by atoms with Crippen LogP contribution in [-0.2, 0) is 28.5 Å². The van der Waals surface area contributed by atoms with Crippen LogP contribution < -0.4 is 5.32 Å². The molecule has 1 fully saturated rings. The van der Waals surface area contributed by atoms with Gasteiger partial charge in [0, 0.05) is 25.4 Å². The van der Waals surface area contributed by atoms with Crippen molar-refractivity contribution in [3.63, 3.8) is 0 Å². The van der Waals surface area contributed by atoms with E-state index in [9.17, 15) is 41.0 Å². The predicted octanol–water partition coefficient (Wildman–Crippen LogP) is 6.04. The predicted molar refractivity (Wildman–Crippen MR) is 112 cm³/mol. The van der Waals surface area contributed by atoms with Crippen LogP contribution in [0.15, 0.2) is 36.4 Å². The summed E-state index contributed by atoms with van der Waals surface area (Å²) in [7, 11) is 0. The number of rotatable bonds is 9. The molecule has 2 aromatic carbocycles. The second kappa shape index (κ2) is 9.77. The van der Waals surface area contributed by atoms with E-state index in [0.29, 0.717) is 0 Å². The Morgan fingerprint density at radius 3 is 2.21 bits per heavy atom. The van der Waals surface area contributed by atoms with Crippen LogP contribution in [0.5, 0.6) is 0 Å². The highest BCUT2D eigenvalue weighted by molar-refractivity contribution is 5.83. The third-order valence-corrected chi connectivity index (χ3v) is 5.79. The highest BCUT2D eigenvalue weighted by Crippen LogP contribution is 2.38. The Kier molecular flexibility index (Phi) is 7.40. The van der Waals surface area contributed by atoms with Gasteiger partial charge in [-0.3, -0.25) is 9.59 Å². The van der Waals surface area contributed by atoms with E-state index in [-0.39, 0.29) is 53.5 Å². The number of halogens is 6. The Morgan fingerprint density at radius 1 is 1.00 bits per heavy atom. The molecule has 0 heterocycles. The molecule has 4 nitrogen and oxygen atoms in total. The number of alkyl halides is 6. The lowest BCUT2D eigenvalue weighted by Crippen LogP contribution is -2.19. The van der Waals surface area contributed by atoms with Crippen LogP contribution in [0.4, 0.5) is 26.3 Å². The molecule has 1 atom stereocenters. The third kappa shape index (κ3) is 6.37. The van der Waals surface area contributed by atoms with Gasteiger partial charge in [0.2, 0.25) is 0 Å². The van der Waals surface area contributed by atoms with Crippen molar-refractivity contribution in [2.24, 2.45) is 5.92 Å². The van der Waals surface area contributed by atoms with Gasteiger partial charge in [0.1, 0.15) is 5.78 Å². The third-order valence-electron chi connectivity index (χ3n) is 5.79. The molecule has 10 heteroatoms. The van der Waals surface area contributed by atoms with Crippen LogP contribution in [0.2, 0.25) is 0 Å². The fraction of sp³-hybridized carbons (Fsp3) is 0.417. The first-order chi connectivity index (χ1) is 15.8. The molecule has 0 bridgehead atoms. The summed E-state index contributed by atoms with van der Waals surface area (Å²) in [6, 6.07) is 5.48. The van der Waals surface area contributed by atoms with Crippen LogP contribution in [0.1, 0.15) is 54.4 Å². The van der Waals surface area contributed by atoms with Crippen molar-refractivity contribution in [2.45, 2.75) is 51.0 Å². The number of carbonyl (C=O) groups is 2. The van der Waals surface area contributed by atoms with Crippen LogP contribution in [0.3, 0.4) is 0 Å². The van der Waals surface area contributed by atoms with E-state index in [1.807, 2.05) is 0 Å². The zero-order valence-corrected chi connectivity index (χ0v) is 18.2. The summed E-state index contributed by atoms with van der Waals surface area (Å²) >= 11 is 0. The maximum Gasteiger partial charge on any atom is 0.416 e. The number of benzene rings is 2. The summed E-state index contributed by atoms with van der Waals surface area (Å²) in [6.45, 7) is 1.33. The van der Waals surface area contributed by atoms with Crippen molar-refractivity contribution < 1.29 is 41.0 Å². The summed E-state index contributed by atoms with van der Waals surface area (Å²) in [6.07, 6.45) is -7.56. The normalized spacial score (nSPS) is 15.3. The lowest BCUT2D eigenvalue weighted by atomic mass is 9.90. The number of aliphatic carboxylic acids is 1. The standard InChI is InChI=1S/C24H23F6NO3/c1-13(22(33)34)15-8-16(10-19(9-15)24(28,29)30)20-5-4-18(23(25,26)27)11-17(20)12-31-7-6-21(32)14-2-3-14/h4-5,8-11,13-14,31H,2-3,6-7,12H2,1H3,(H,33,34). The fourth-order valence-corrected chi connectivity index (χ4v) is 3.61. The van der Waals surface area contributed by atoms with Crippen molar-refractivity contribution in [3.05, 3.63) is 58.7 Å². The first-order valence-electron chi connectivity index (χ1n) is 10.7. The summed E-state index contributed by atoms with van der Waals surface area (Å²) in [5, 5.41) is 12.2. The Morgan fingerprint density at radius 2 is 1.65 bits per heavy atom. The number of carboxylic acids is 1. The molecule has 34 heavy (non-hydrogen) atoms. The van der Waals surface area contributed by atoms with Gasteiger partial charge in [-0.05, 0) is 66.3 Å². The van der Waals surface area contributed by atoms with Gasteiger partial charge in [-0.2, -0.15) is 26.3 Å². The second-order valence-corrected chi connectivity index (χ2v) is 8.44. The fourth-order valence-electron chi connectivity index (χ4n) is 3.61. The van der Waals surface area contributed by atoms with E-state index >= 15 is 0 Å². The molecule has 1 unspecified atom stereocenters. The van der Waals surface area contributed by atoms with Crippen LogP contribution in [0.25, 0.3) is 11.1 Å². The zero-order chi connectivity index (χ0) is 25.3. The highest BCUT2D eigenvalue weighted by atomic mass is 19.4. The van der Waals surface area contributed by atoms with Crippen LogP contribution in [0, 0.1) is 5.92 Å². The van der Waals surface area contributed by atoms with E-state index in [1.54, 1.807) is 0 Å². The average molecular weight is 487 g/mol. The molecular formula is C24H23F6NO3. The Bertz CT molecular complexity index is 1070. The number of carboxylic acid groups (broad SMARTS) is 1. The van der Waals surface area contributed by atoms with E-state index < -0.39 is 35.4 Å². The molecule has 2 N–H and O–H groups in total. The molecule has 1 saturated carbocycles. The van der Waals surface area contributed by atoms with Crippen molar-refractivity contribution in [1.29, 1.82) is 0 Å². The average Bonchev–Trinajstić information content (AvgIpc) is 3.59. The van der Waals surface area contributed by atoms with Crippen molar-refractivity contribution in [2.75, 3.05) is 6.54 Å². The highest BCUT2D eigenvalue weighted by Gasteiger charge is 2.34. The lowest BCUT2D eigenvalue weighted by Gasteiger charge is -2.18. The van der Waals surface area contributed by atoms with Gasteiger partial charge >= 0.3 is 18.3 Å². The Balaban J connectivity index is 1.99. The number of nitrogens with one attached hydrogen (secondary N) is 1. The number of hydrogen-bond donors (Lipinski definition) is 2. The van der Waals surface area contributed by atoms with Gasteiger partial charge in [-0.1, -0.05) is 12.1 Å². The summed E-state index contributed by atoms with van der Waals surface area (Å²) in [5.41, 5.74) is -2.03. The first-order valence-corrected chi connectivity index (χ1v) is 10.7. The maximum atomic E-state index is 13.5. The molecule has 1 aliphatic carbocycles. The first kappa shape index (κ1) is 25.7. The lowest BCUT2D eigenvalue weighted by molar-refractivity contribution is -0.139. The Labute approximate surface area is 192 Å². The number of hydrogen-bond acceptors (Lipinski definition) is 3. The minimum absolute atomic E-state index is 0.0440. The van der Waals surface area contributed by atoms with Crippen LogP contribution >= 0.6 is 0 Å². The van der Waals surface area contributed by atoms with Gasteiger partial charge in [0.15, 0.2) is 0 Å². The quantitative estimate of drug-likeness (QED) is 0.335. The van der Waals surface area contributed by atoms with Crippen molar-refractivity contribution in [3.8, 4) is 11.1 Å². The number of carbonyl (C=O) groups excluding carboxylic acids is 1. The SMILES string of the molecule is CC(C(=O)O)c1cc(-c2ccc(C(F)(F)F)cc2CNCCC(=O)C2CC2)cc(C(F)(F)F)c1. The van der Waals surface area contributed by atoms with Gasteiger partial charge in [-0.25, -0.2) is 0 Å².